The summed E-state index contributed by atoms with van der Waals surface area (Å²) in [6, 6.07) is 15.4. The summed E-state index contributed by atoms with van der Waals surface area (Å²) in [5.74, 6) is 0.833. The number of fused-ring (bicyclic) bond motifs is 2. The number of anilines is 1. The van der Waals surface area contributed by atoms with Gasteiger partial charge in [-0.1, -0.05) is 41.7 Å². The zero-order chi connectivity index (χ0) is 36.5. The van der Waals surface area contributed by atoms with Crippen molar-refractivity contribution in [1.82, 2.24) is 24.4 Å². The Morgan fingerprint density at radius 3 is 2.66 bits per heavy atom. The summed E-state index contributed by atoms with van der Waals surface area (Å²) in [5.41, 5.74) is 1.86. The molecule has 12 nitrogen and oxygen atoms in total. The minimum Gasteiger partial charge on any atom is -0.445 e. The average molecular weight is 767 g/mol. The number of aromatic nitrogens is 1. The number of thiazole rings is 1. The van der Waals surface area contributed by atoms with Crippen molar-refractivity contribution in [2.75, 3.05) is 70.9 Å². The van der Waals surface area contributed by atoms with Crippen molar-refractivity contribution in [2.45, 2.75) is 75.3 Å². The molecule has 2 bridgehead atoms. The van der Waals surface area contributed by atoms with Crippen LogP contribution in [0.15, 0.2) is 53.4 Å². The molecule has 288 valence electrons. The third-order valence-electron chi connectivity index (χ3n) is 12.0. The van der Waals surface area contributed by atoms with Crippen molar-refractivity contribution in [3.05, 3.63) is 54.1 Å². The van der Waals surface area contributed by atoms with Crippen LogP contribution in [-0.4, -0.2) is 124 Å². The van der Waals surface area contributed by atoms with E-state index >= 15 is 0 Å². The lowest BCUT2D eigenvalue weighted by Crippen LogP contribution is -2.55. The standard InChI is InChI=1S/C39H54N6O6S2/c1-26(2)44-21-28(22-44)23-45(53(47,48)31-10-11-34-35(20-31)52-38(42-34)40-13-17-43-14-6-7-15-43)16-12-30(18-27-8-4-3-5-9-27)41-39(46)51-36-29-19-32-33(36)25-50-37(32)49-24-29/h3-5,8-11,20,26,28-30,32-33,36-37H,6-7,12-19,21-25H2,1-2H3,(H,40,42)(H,41,46)/t29-,30-,32?,33?,36?,37?/m1/s1. The number of sulfonamides is 1. The summed E-state index contributed by atoms with van der Waals surface area (Å²) in [6.45, 7) is 11.9. The molecule has 0 radical (unpaired) electrons. The highest BCUT2D eigenvalue weighted by molar-refractivity contribution is 7.89. The van der Waals surface area contributed by atoms with Gasteiger partial charge in [0.15, 0.2) is 11.4 Å². The largest absolute Gasteiger partial charge is 0.445 e. The molecule has 2 N–H and O–H groups in total. The number of rotatable bonds is 16. The van der Waals surface area contributed by atoms with Crippen molar-refractivity contribution < 1.29 is 27.4 Å². The lowest BCUT2D eigenvalue weighted by Gasteiger charge is -2.44. The molecule has 8 rings (SSSR count). The number of hydrogen-bond donors (Lipinski definition) is 2. The van der Waals surface area contributed by atoms with Gasteiger partial charge in [0.25, 0.3) is 0 Å². The normalized spacial score (nSPS) is 26.8. The quantitative estimate of drug-likeness (QED) is 0.209. The van der Waals surface area contributed by atoms with Gasteiger partial charge in [0.2, 0.25) is 10.0 Å². The summed E-state index contributed by atoms with van der Waals surface area (Å²) in [5, 5.41) is 7.41. The molecule has 3 aromatic rings. The predicted molar refractivity (Wildman–Crippen MR) is 205 cm³/mol. The average Bonchev–Trinajstić information content (AvgIpc) is 3.92. The minimum atomic E-state index is -3.86. The van der Waals surface area contributed by atoms with Gasteiger partial charge in [0, 0.05) is 69.1 Å². The monoisotopic (exact) mass is 766 g/mol. The maximum Gasteiger partial charge on any atom is 0.407 e. The molecule has 5 heterocycles. The Balaban J connectivity index is 0.973. The molecule has 0 spiro atoms. The predicted octanol–water partition coefficient (Wildman–Crippen LogP) is 4.87. The Labute approximate surface area is 317 Å². The number of hydrogen-bond acceptors (Lipinski definition) is 11. The highest BCUT2D eigenvalue weighted by atomic mass is 32.2. The lowest BCUT2D eigenvalue weighted by molar-refractivity contribution is -0.169. The van der Waals surface area contributed by atoms with Gasteiger partial charge in [-0.25, -0.2) is 18.2 Å². The Bertz CT molecular complexity index is 1810. The molecule has 1 aliphatic carbocycles. The number of amides is 1. The van der Waals surface area contributed by atoms with Crippen LogP contribution in [0.3, 0.4) is 0 Å². The fraction of sp³-hybridized carbons (Fsp3) is 0.641. The Morgan fingerprint density at radius 1 is 1.08 bits per heavy atom. The van der Waals surface area contributed by atoms with E-state index in [1.807, 2.05) is 36.4 Å². The molecule has 2 aromatic carbocycles. The SMILES string of the molecule is CC(C)N1CC(CN(CC[C@H](Cc2ccccc2)NC(=O)OC2C3COC4OC[C@H]2CC43)S(=O)(=O)c2ccc3nc(NCCN4CCCC4)sc3c2)C1. The number of carbonyl (C=O) groups excluding carboxylic acids is 1. The van der Waals surface area contributed by atoms with Crippen LogP contribution < -0.4 is 10.6 Å². The van der Waals surface area contributed by atoms with E-state index in [0.29, 0.717) is 38.6 Å². The molecule has 6 atom stereocenters. The molecule has 4 unspecified atom stereocenters. The number of carbonyl (C=O) groups is 1. The van der Waals surface area contributed by atoms with E-state index in [9.17, 15) is 13.2 Å². The molecular formula is C39H54N6O6S2. The fourth-order valence-corrected chi connectivity index (χ4v) is 11.5. The van der Waals surface area contributed by atoms with Gasteiger partial charge in [0.1, 0.15) is 6.10 Å². The van der Waals surface area contributed by atoms with Crippen molar-refractivity contribution in [3.8, 4) is 0 Å². The second-order valence-electron chi connectivity index (χ2n) is 15.9. The van der Waals surface area contributed by atoms with Crippen molar-refractivity contribution >= 4 is 42.8 Å². The summed E-state index contributed by atoms with van der Waals surface area (Å²) >= 11 is 1.50. The Hall–Kier alpha value is -2.85. The summed E-state index contributed by atoms with van der Waals surface area (Å²) in [6.07, 6.45) is 3.58. The van der Waals surface area contributed by atoms with Crippen LogP contribution in [0.5, 0.6) is 0 Å². The van der Waals surface area contributed by atoms with Gasteiger partial charge in [-0.2, -0.15) is 4.31 Å². The van der Waals surface area contributed by atoms with Gasteiger partial charge >= 0.3 is 6.09 Å². The van der Waals surface area contributed by atoms with Crippen LogP contribution in [0.25, 0.3) is 10.2 Å². The zero-order valence-corrected chi connectivity index (χ0v) is 32.5. The van der Waals surface area contributed by atoms with Crippen LogP contribution in [0.2, 0.25) is 0 Å². The van der Waals surface area contributed by atoms with E-state index in [-0.39, 0.29) is 53.5 Å². The van der Waals surface area contributed by atoms with E-state index in [1.165, 1.54) is 24.2 Å². The van der Waals surface area contributed by atoms with Crippen LogP contribution in [0, 0.1) is 23.7 Å². The van der Waals surface area contributed by atoms with E-state index in [4.69, 9.17) is 19.2 Å². The molecule has 1 amide bonds. The van der Waals surface area contributed by atoms with Gasteiger partial charge in [0.05, 0.1) is 28.3 Å². The second kappa shape index (κ2) is 16.1. The third-order valence-corrected chi connectivity index (χ3v) is 14.8. The Kier molecular flexibility index (Phi) is 11.3. The van der Waals surface area contributed by atoms with E-state index < -0.39 is 16.1 Å². The molecular weight excluding hydrogens is 713 g/mol. The van der Waals surface area contributed by atoms with Gasteiger partial charge in [-0.05, 0) is 88.7 Å². The Morgan fingerprint density at radius 2 is 1.87 bits per heavy atom. The maximum atomic E-state index is 14.5. The van der Waals surface area contributed by atoms with Crippen molar-refractivity contribution in [3.63, 3.8) is 0 Å². The molecule has 53 heavy (non-hydrogen) atoms. The topological polar surface area (TPSA) is 126 Å². The molecule has 5 fully saturated rings. The van der Waals surface area contributed by atoms with Crippen molar-refractivity contribution in [2.24, 2.45) is 23.7 Å². The first-order chi connectivity index (χ1) is 25.7. The molecule has 1 saturated carbocycles. The third kappa shape index (κ3) is 8.39. The first-order valence-corrected chi connectivity index (χ1v) is 21.8. The number of ether oxygens (including phenoxy) is 3. The second-order valence-corrected chi connectivity index (χ2v) is 18.9. The van der Waals surface area contributed by atoms with Gasteiger partial charge in [-0.15, -0.1) is 0 Å². The van der Waals surface area contributed by atoms with Crippen LogP contribution in [0.1, 0.15) is 45.1 Å². The first kappa shape index (κ1) is 37.1. The van der Waals surface area contributed by atoms with E-state index in [2.05, 4.69) is 34.3 Å². The number of nitrogens with one attached hydrogen (secondary N) is 2. The smallest absolute Gasteiger partial charge is 0.407 e. The maximum absolute atomic E-state index is 14.5. The molecule has 14 heteroatoms. The summed E-state index contributed by atoms with van der Waals surface area (Å²) < 4.78 is 49.4. The van der Waals surface area contributed by atoms with E-state index in [1.54, 1.807) is 16.4 Å². The lowest BCUT2D eigenvalue weighted by atomic mass is 9.98. The highest BCUT2D eigenvalue weighted by Gasteiger charge is 2.56. The zero-order valence-electron chi connectivity index (χ0n) is 30.9. The molecule has 1 aromatic heterocycles. The van der Waals surface area contributed by atoms with Gasteiger partial charge < -0.3 is 34.6 Å². The van der Waals surface area contributed by atoms with Gasteiger partial charge in [-0.3, -0.25) is 0 Å². The molecule has 5 aliphatic rings. The van der Waals surface area contributed by atoms with Crippen LogP contribution >= 0.6 is 11.3 Å². The number of alkyl carbamates (subject to hydrolysis) is 1. The van der Waals surface area contributed by atoms with Crippen LogP contribution in [0.4, 0.5) is 9.93 Å². The van der Waals surface area contributed by atoms with Crippen molar-refractivity contribution in [1.29, 1.82) is 0 Å². The number of benzene rings is 2. The number of likely N-dealkylation sites (tertiary alicyclic amines) is 2. The number of nitrogens with zero attached hydrogens (tertiary/aromatic N) is 4. The molecule has 4 aliphatic heterocycles. The first-order valence-electron chi connectivity index (χ1n) is 19.5. The van der Waals surface area contributed by atoms with Crippen LogP contribution in [-0.2, 0) is 30.7 Å². The van der Waals surface area contributed by atoms with E-state index in [0.717, 1.165) is 66.6 Å². The molecule has 4 saturated heterocycles. The highest BCUT2D eigenvalue weighted by Crippen LogP contribution is 2.49. The minimum absolute atomic E-state index is 0.150. The fourth-order valence-electron chi connectivity index (χ4n) is 8.96. The summed E-state index contributed by atoms with van der Waals surface area (Å²) in [7, 11) is -3.86. The summed E-state index contributed by atoms with van der Waals surface area (Å²) in [4.78, 5) is 23.4.